The highest BCUT2D eigenvalue weighted by molar-refractivity contribution is 7.99. The van der Waals surface area contributed by atoms with Gasteiger partial charge in [0.2, 0.25) is 0 Å². The number of amides is 1. The Morgan fingerprint density at radius 1 is 1.43 bits per heavy atom. The number of aryl methyl sites for hydroxylation is 1. The number of carbonyl (C=O) groups excluding carboxylic acids is 1. The van der Waals surface area contributed by atoms with E-state index in [0.717, 1.165) is 11.8 Å². The minimum Gasteiger partial charge on any atom is -0.398 e. The Morgan fingerprint density at radius 3 is 2.76 bits per heavy atom. The molecular weight excluding hydrogens is 294 g/mol. The van der Waals surface area contributed by atoms with Crippen LogP contribution in [0.15, 0.2) is 37.8 Å². The second-order valence-electron chi connectivity index (χ2n) is 4.13. The van der Waals surface area contributed by atoms with Crippen LogP contribution in [0.5, 0.6) is 0 Å². The van der Waals surface area contributed by atoms with Gasteiger partial charge in [0.05, 0.1) is 0 Å². The second-order valence-corrected chi connectivity index (χ2v) is 5.14. The summed E-state index contributed by atoms with van der Waals surface area (Å²) in [6.07, 6.45) is 0. The van der Waals surface area contributed by atoms with Gasteiger partial charge in [-0.3, -0.25) is 24.2 Å². The van der Waals surface area contributed by atoms with E-state index in [2.05, 4.69) is 15.4 Å². The normalized spacial score (nSPS) is 10.4. The number of aromatic nitrogens is 3. The Labute approximate surface area is 123 Å². The molecule has 0 unspecified atom stereocenters. The summed E-state index contributed by atoms with van der Waals surface area (Å²) in [5.74, 6) is -0.243. The number of hydrogen-bond donors (Lipinski definition) is 3. The highest BCUT2D eigenvalue weighted by Crippen LogP contribution is 2.30. The molecule has 0 fully saturated rings. The van der Waals surface area contributed by atoms with Crippen molar-refractivity contribution in [2.24, 2.45) is 7.05 Å². The van der Waals surface area contributed by atoms with Crippen molar-refractivity contribution in [3.05, 3.63) is 44.5 Å². The summed E-state index contributed by atoms with van der Waals surface area (Å²) in [5, 5.41) is 5.14. The highest BCUT2D eigenvalue weighted by Gasteiger charge is 2.11. The van der Waals surface area contributed by atoms with E-state index in [1.165, 1.54) is 17.8 Å². The van der Waals surface area contributed by atoms with E-state index >= 15 is 0 Å². The van der Waals surface area contributed by atoms with Crippen LogP contribution in [0.3, 0.4) is 0 Å². The first kappa shape index (κ1) is 14.9. The van der Waals surface area contributed by atoms with E-state index in [9.17, 15) is 14.4 Å². The molecule has 0 radical (unpaired) electrons. The van der Waals surface area contributed by atoms with Gasteiger partial charge >= 0.3 is 11.1 Å². The van der Waals surface area contributed by atoms with Crippen molar-refractivity contribution in [3.63, 3.8) is 0 Å². The van der Waals surface area contributed by atoms with Crippen molar-refractivity contribution in [2.45, 2.75) is 10.1 Å². The molecule has 0 saturated carbocycles. The summed E-state index contributed by atoms with van der Waals surface area (Å²) in [6, 6.07) is 4.80. The van der Waals surface area contributed by atoms with Gasteiger partial charge in [-0.15, -0.1) is 0 Å². The molecule has 1 aromatic heterocycles. The summed E-state index contributed by atoms with van der Waals surface area (Å²) in [4.78, 5) is 38.2. The molecule has 1 aromatic carbocycles. The molecule has 1 amide bonds. The molecule has 0 aliphatic carbocycles. The van der Waals surface area contributed by atoms with Crippen LogP contribution in [0, 0.1) is 0 Å². The van der Waals surface area contributed by atoms with Crippen molar-refractivity contribution in [1.29, 1.82) is 0 Å². The maximum atomic E-state index is 11.5. The molecule has 9 heteroatoms. The lowest BCUT2D eigenvalue weighted by Crippen LogP contribution is -2.33. The topological polar surface area (TPSA) is 123 Å². The Morgan fingerprint density at radius 2 is 2.14 bits per heavy atom. The van der Waals surface area contributed by atoms with Crippen LogP contribution in [0.25, 0.3) is 0 Å². The van der Waals surface area contributed by atoms with E-state index in [1.54, 1.807) is 19.2 Å². The first-order valence-electron chi connectivity index (χ1n) is 5.89. The molecule has 21 heavy (non-hydrogen) atoms. The highest BCUT2D eigenvalue weighted by atomic mass is 32.2. The number of benzene rings is 1. The monoisotopic (exact) mass is 307 g/mol. The van der Waals surface area contributed by atoms with Crippen LogP contribution >= 0.6 is 11.8 Å². The van der Waals surface area contributed by atoms with Crippen molar-refractivity contribution in [1.82, 2.24) is 20.1 Å². The van der Waals surface area contributed by atoms with Gasteiger partial charge in [-0.25, -0.2) is 0 Å². The van der Waals surface area contributed by atoms with Crippen molar-refractivity contribution in [2.75, 3.05) is 12.8 Å². The van der Waals surface area contributed by atoms with Gasteiger partial charge in [-0.1, -0.05) is 0 Å². The van der Waals surface area contributed by atoms with Gasteiger partial charge in [0.25, 0.3) is 5.91 Å². The number of aromatic amines is 1. The predicted molar refractivity (Wildman–Crippen MR) is 78.5 cm³/mol. The maximum absolute atomic E-state index is 11.5. The maximum Gasteiger partial charge on any atom is 0.339 e. The van der Waals surface area contributed by atoms with E-state index < -0.39 is 11.1 Å². The number of H-pyrrole nitrogens is 1. The number of nitrogens with zero attached hydrogens (tertiary/aromatic N) is 2. The summed E-state index contributed by atoms with van der Waals surface area (Å²) in [5.41, 5.74) is 5.05. The first-order chi connectivity index (χ1) is 9.92. The van der Waals surface area contributed by atoms with Gasteiger partial charge in [-0.2, -0.15) is 4.98 Å². The summed E-state index contributed by atoms with van der Waals surface area (Å²) >= 11 is 1.12. The summed E-state index contributed by atoms with van der Waals surface area (Å²) < 4.78 is 1.33. The molecule has 0 atom stereocenters. The molecule has 1 heterocycles. The Bertz CT molecular complexity index is 811. The molecule has 4 N–H and O–H groups in total. The molecule has 0 aliphatic rings. The van der Waals surface area contributed by atoms with Gasteiger partial charge in [-0.05, 0) is 30.0 Å². The molecule has 110 valence electrons. The number of nitrogen functional groups attached to an aromatic ring is 1. The minimum absolute atomic E-state index is 0.243. The number of nitrogens with one attached hydrogen (secondary N) is 2. The van der Waals surface area contributed by atoms with Gasteiger partial charge < -0.3 is 11.1 Å². The van der Waals surface area contributed by atoms with Crippen LogP contribution in [0.2, 0.25) is 0 Å². The fourth-order valence-electron chi connectivity index (χ4n) is 1.58. The number of hydrogen-bond acceptors (Lipinski definition) is 6. The number of carbonyl (C=O) groups is 1. The fourth-order valence-corrected chi connectivity index (χ4v) is 2.40. The molecule has 8 nitrogen and oxygen atoms in total. The minimum atomic E-state index is -0.865. The second kappa shape index (κ2) is 5.83. The lowest BCUT2D eigenvalue weighted by Gasteiger charge is -2.09. The van der Waals surface area contributed by atoms with Crippen molar-refractivity contribution in [3.8, 4) is 0 Å². The van der Waals surface area contributed by atoms with Crippen LogP contribution in [0.1, 0.15) is 10.4 Å². The Hall–Kier alpha value is -2.55. The van der Waals surface area contributed by atoms with Crippen molar-refractivity contribution < 1.29 is 4.79 Å². The Kier molecular flexibility index (Phi) is 4.13. The van der Waals surface area contributed by atoms with Gasteiger partial charge in [0, 0.05) is 30.2 Å². The van der Waals surface area contributed by atoms with E-state index in [-0.39, 0.29) is 5.91 Å². The largest absolute Gasteiger partial charge is 0.398 e. The first-order valence-corrected chi connectivity index (χ1v) is 6.71. The average molecular weight is 307 g/mol. The fraction of sp³-hybridized carbons (Fsp3) is 0.167. The third kappa shape index (κ3) is 3.14. The van der Waals surface area contributed by atoms with Crippen molar-refractivity contribution >= 4 is 23.4 Å². The van der Waals surface area contributed by atoms with Crippen LogP contribution in [-0.4, -0.2) is 27.7 Å². The zero-order chi connectivity index (χ0) is 15.6. The van der Waals surface area contributed by atoms with E-state index in [1.807, 2.05) is 0 Å². The molecular formula is C12H13N5O3S. The molecule has 0 bridgehead atoms. The SMILES string of the molecule is CNC(=O)c1ccc(Sc2nc(=O)c(=O)[nH]n2C)c(N)c1. The predicted octanol–water partition coefficient (Wildman–Crippen LogP) is -0.438. The quantitative estimate of drug-likeness (QED) is 0.522. The van der Waals surface area contributed by atoms with Crippen LogP contribution in [0.4, 0.5) is 5.69 Å². The average Bonchev–Trinajstić information content (AvgIpc) is 2.45. The smallest absolute Gasteiger partial charge is 0.339 e. The lowest BCUT2D eigenvalue weighted by atomic mass is 10.2. The van der Waals surface area contributed by atoms with E-state index in [0.29, 0.717) is 21.3 Å². The number of anilines is 1. The van der Waals surface area contributed by atoms with Gasteiger partial charge in [0.15, 0.2) is 5.16 Å². The van der Waals surface area contributed by atoms with E-state index in [4.69, 9.17) is 5.73 Å². The lowest BCUT2D eigenvalue weighted by molar-refractivity contribution is 0.0963. The summed E-state index contributed by atoms with van der Waals surface area (Å²) in [7, 11) is 3.09. The molecule has 2 aromatic rings. The molecule has 0 aliphatic heterocycles. The molecule has 0 spiro atoms. The number of rotatable bonds is 3. The zero-order valence-electron chi connectivity index (χ0n) is 11.3. The van der Waals surface area contributed by atoms with Crippen LogP contribution < -0.4 is 22.2 Å². The summed E-state index contributed by atoms with van der Waals surface area (Å²) in [6.45, 7) is 0. The standard InChI is InChI=1S/C12H13N5O3S/c1-14-9(18)6-3-4-8(7(13)5-6)21-12-15-10(19)11(20)16-17(12)2/h3-5H,13H2,1-2H3,(H,14,18)(H,16,20). The zero-order valence-corrected chi connectivity index (χ0v) is 12.2. The third-order valence-electron chi connectivity index (χ3n) is 2.65. The van der Waals surface area contributed by atoms with Gasteiger partial charge in [0.1, 0.15) is 0 Å². The number of nitrogens with two attached hydrogens (primary N) is 1. The Balaban J connectivity index is 2.37. The molecule has 0 saturated heterocycles. The van der Waals surface area contributed by atoms with Crippen LogP contribution in [-0.2, 0) is 7.05 Å². The molecule has 2 rings (SSSR count). The third-order valence-corrected chi connectivity index (χ3v) is 3.79.